The van der Waals surface area contributed by atoms with Crippen molar-refractivity contribution in [2.75, 3.05) is 7.05 Å². The van der Waals surface area contributed by atoms with E-state index in [0.717, 1.165) is 40.6 Å². The number of hydrogen-bond donors (Lipinski definition) is 1. The van der Waals surface area contributed by atoms with E-state index in [2.05, 4.69) is 35.1 Å². The number of allylic oxidation sites excluding steroid dienone is 6. The van der Waals surface area contributed by atoms with Gasteiger partial charge in [-0.15, -0.1) is 0 Å². The van der Waals surface area contributed by atoms with Crippen LogP contribution in [-0.2, 0) is 11.2 Å². The molecule has 1 heterocycles. The molecular weight excluding hydrogens is 296 g/mol. The van der Waals surface area contributed by atoms with Crippen LogP contribution in [0.1, 0.15) is 32.0 Å². The fourth-order valence-corrected chi connectivity index (χ4v) is 2.67. The Morgan fingerprint density at radius 1 is 1.25 bits per heavy atom. The normalized spacial score (nSPS) is 13.9. The standard InChI is InChI=1S/C21H24N2O/c1-5-8-16(7-3)20(22-4)13-18(14-24)21-12-17-11-15(6-2)9-10-19(17)23-21/h5,7-14,23H,6H2,1-4H3/b8-5-,16-7+,18-13+,22-20?. The number of aryl methyl sites for hydroxylation is 1. The van der Waals surface area contributed by atoms with E-state index in [9.17, 15) is 4.79 Å². The number of aromatic amines is 1. The summed E-state index contributed by atoms with van der Waals surface area (Å²) in [5.74, 6) is 0. The topological polar surface area (TPSA) is 45.2 Å². The van der Waals surface area contributed by atoms with E-state index in [0.29, 0.717) is 5.57 Å². The van der Waals surface area contributed by atoms with Crippen LogP contribution in [0.5, 0.6) is 0 Å². The Balaban J connectivity index is 2.48. The number of H-pyrrole nitrogens is 1. The van der Waals surface area contributed by atoms with Crippen LogP contribution in [0.4, 0.5) is 0 Å². The number of fused-ring (bicyclic) bond motifs is 1. The minimum atomic E-state index is 0.591. The third-order valence-electron chi connectivity index (χ3n) is 4.02. The zero-order chi connectivity index (χ0) is 17.5. The molecule has 0 fully saturated rings. The molecule has 0 bridgehead atoms. The Kier molecular flexibility index (Phi) is 6.07. The van der Waals surface area contributed by atoms with Crippen molar-refractivity contribution in [3.63, 3.8) is 0 Å². The van der Waals surface area contributed by atoms with Crippen LogP contribution in [0.2, 0.25) is 0 Å². The first-order chi connectivity index (χ1) is 11.7. The van der Waals surface area contributed by atoms with Crippen LogP contribution in [0.15, 0.2) is 59.1 Å². The van der Waals surface area contributed by atoms with Crippen molar-refractivity contribution in [2.24, 2.45) is 4.99 Å². The molecule has 0 saturated heterocycles. The molecule has 0 spiro atoms. The van der Waals surface area contributed by atoms with Crippen molar-refractivity contribution >= 4 is 28.5 Å². The number of benzene rings is 1. The summed E-state index contributed by atoms with van der Waals surface area (Å²) in [6.45, 7) is 6.06. The summed E-state index contributed by atoms with van der Waals surface area (Å²) in [7, 11) is 1.74. The van der Waals surface area contributed by atoms with Gasteiger partial charge in [0.1, 0.15) is 0 Å². The second-order valence-corrected chi connectivity index (χ2v) is 5.53. The van der Waals surface area contributed by atoms with E-state index >= 15 is 0 Å². The van der Waals surface area contributed by atoms with Gasteiger partial charge in [0.25, 0.3) is 0 Å². The summed E-state index contributed by atoms with van der Waals surface area (Å²) in [6.07, 6.45) is 9.63. The SMILES string of the molecule is C/C=C\C(=C/C)C(/C=C(\C=O)c1cc2cc(CC)ccc2[nH]1)=NC. The predicted octanol–water partition coefficient (Wildman–Crippen LogP) is 4.91. The Morgan fingerprint density at radius 2 is 2.04 bits per heavy atom. The summed E-state index contributed by atoms with van der Waals surface area (Å²) in [5.41, 5.74) is 5.49. The minimum Gasteiger partial charge on any atom is -0.354 e. The Labute approximate surface area is 143 Å². The largest absolute Gasteiger partial charge is 0.354 e. The van der Waals surface area contributed by atoms with Crippen molar-refractivity contribution in [3.8, 4) is 0 Å². The average Bonchev–Trinajstić information content (AvgIpc) is 3.04. The first-order valence-corrected chi connectivity index (χ1v) is 8.21. The fraction of sp³-hybridized carbons (Fsp3) is 0.238. The van der Waals surface area contributed by atoms with E-state index in [1.54, 1.807) is 7.05 Å². The van der Waals surface area contributed by atoms with E-state index < -0.39 is 0 Å². The van der Waals surface area contributed by atoms with Gasteiger partial charge in [0, 0.05) is 29.2 Å². The Bertz CT molecular complexity index is 848. The van der Waals surface area contributed by atoms with Crippen LogP contribution in [-0.4, -0.2) is 24.0 Å². The highest BCUT2D eigenvalue weighted by molar-refractivity contribution is 6.21. The van der Waals surface area contributed by atoms with Gasteiger partial charge in [-0.05, 0) is 55.7 Å². The first kappa shape index (κ1) is 17.7. The lowest BCUT2D eigenvalue weighted by Crippen LogP contribution is -2.00. The molecule has 1 N–H and O–H groups in total. The molecule has 0 amide bonds. The van der Waals surface area contributed by atoms with Crippen molar-refractivity contribution in [1.82, 2.24) is 4.98 Å². The maximum absolute atomic E-state index is 11.6. The van der Waals surface area contributed by atoms with Crippen LogP contribution in [0.3, 0.4) is 0 Å². The molecule has 0 aliphatic heterocycles. The maximum Gasteiger partial charge on any atom is 0.152 e. The van der Waals surface area contributed by atoms with Crippen molar-refractivity contribution in [2.45, 2.75) is 27.2 Å². The first-order valence-electron chi connectivity index (χ1n) is 8.21. The quantitative estimate of drug-likeness (QED) is 0.350. The molecule has 24 heavy (non-hydrogen) atoms. The van der Waals surface area contributed by atoms with Gasteiger partial charge in [0.15, 0.2) is 6.29 Å². The molecule has 3 heteroatoms. The van der Waals surface area contributed by atoms with Gasteiger partial charge in [0.2, 0.25) is 0 Å². The molecule has 2 aromatic rings. The highest BCUT2D eigenvalue weighted by atomic mass is 16.1. The van der Waals surface area contributed by atoms with Crippen molar-refractivity contribution in [3.05, 3.63) is 65.4 Å². The van der Waals surface area contributed by atoms with Crippen LogP contribution < -0.4 is 0 Å². The number of aldehydes is 1. The van der Waals surface area contributed by atoms with Gasteiger partial charge in [-0.3, -0.25) is 9.79 Å². The molecule has 0 unspecified atom stereocenters. The smallest absolute Gasteiger partial charge is 0.152 e. The number of aromatic nitrogens is 1. The zero-order valence-electron chi connectivity index (χ0n) is 14.8. The van der Waals surface area contributed by atoms with Gasteiger partial charge in [-0.25, -0.2) is 0 Å². The lowest BCUT2D eigenvalue weighted by atomic mass is 10.0. The Hall–Kier alpha value is -2.68. The maximum atomic E-state index is 11.6. The zero-order valence-corrected chi connectivity index (χ0v) is 14.8. The molecular formula is C21H24N2O. The average molecular weight is 320 g/mol. The number of hydrogen-bond acceptors (Lipinski definition) is 2. The number of carbonyl (C=O) groups is 1. The monoisotopic (exact) mass is 320 g/mol. The summed E-state index contributed by atoms with van der Waals surface area (Å²) in [4.78, 5) is 19.3. The number of nitrogens with zero attached hydrogens (tertiary/aromatic N) is 1. The van der Waals surface area contributed by atoms with Gasteiger partial charge in [0.05, 0.1) is 5.71 Å². The number of nitrogens with one attached hydrogen (secondary N) is 1. The summed E-state index contributed by atoms with van der Waals surface area (Å²) < 4.78 is 0. The predicted molar refractivity (Wildman–Crippen MR) is 104 cm³/mol. The van der Waals surface area contributed by atoms with Gasteiger partial charge >= 0.3 is 0 Å². The molecule has 0 atom stereocenters. The minimum absolute atomic E-state index is 0.591. The third-order valence-corrected chi connectivity index (χ3v) is 4.02. The molecule has 124 valence electrons. The van der Waals surface area contributed by atoms with Crippen LogP contribution in [0, 0.1) is 0 Å². The lowest BCUT2D eigenvalue weighted by molar-refractivity contribution is -0.103. The second kappa shape index (κ2) is 8.25. The molecule has 2 rings (SSSR count). The summed E-state index contributed by atoms with van der Waals surface area (Å²) >= 11 is 0. The van der Waals surface area contributed by atoms with E-state index in [1.807, 2.05) is 44.2 Å². The molecule has 3 nitrogen and oxygen atoms in total. The molecule has 1 aromatic heterocycles. The fourth-order valence-electron chi connectivity index (χ4n) is 2.67. The third kappa shape index (κ3) is 3.80. The molecule has 0 saturated carbocycles. The second-order valence-electron chi connectivity index (χ2n) is 5.53. The molecule has 0 radical (unpaired) electrons. The summed E-state index contributed by atoms with van der Waals surface area (Å²) in [5, 5.41) is 1.12. The molecule has 0 aliphatic carbocycles. The highest BCUT2D eigenvalue weighted by Gasteiger charge is 2.08. The number of aliphatic imine (C=N–C) groups is 1. The van der Waals surface area contributed by atoms with Crippen molar-refractivity contribution < 1.29 is 4.79 Å². The van der Waals surface area contributed by atoms with Gasteiger partial charge in [-0.2, -0.15) is 0 Å². The van der Waals surface area contributed by atoms with Crippen molar-refractivity contribution in [1.29, 1.82) is 0 Å². The lowest BCUT2D eigenvalue weighted by Gasteiger charge is -2.03. The Morgan fingerprint density at radius 3 is 2.62 bits per heavy atom. The van der Waals surface area contributed by atoms with Gasteiger partial charge < -0.3 is 4.98 Å². The number of carbonyl (C=O) groups excluding carboxylic acids is 1. The highest BCUT2D eigenvalue weighted by Crippen LogP contribution is 2.22. The van der Waals surface area contributed by atoms with E-state index in [1.165, 1.54) is 5.56 Å². The molecule has 1 aromatic carbocycles. The summed E-state index contributed by atoms with van der Waals surface area (Å²) in [6, 6.07) is 8.35. The number of rotatable bonds is 6. The van der Waals surface area contributed by atoms with E-state index in [-0.39, 0.29) is 0 Å². The van der Waals surface area contributed by atoms with Gasteiger partial charge in [-0.1, -0.05) is 31.2 Å². The van der Waals surface area contributed by atoms with Crippen LogP contribution >= 0.6 is 0 Å². The van der Waals surface area contributed by atoms with Crippen LogP contribution in [0.25, 0.3) is 16.5 Å². The molecule has 0 aliphatic rings. The van der Waals surface area contributed by atoms with E-state index in [4.69, 9.17) is 0 Å².